The number of hydrogen-bond donors (Lipinski definition) is 2. The summed E-state index contributed by atoms with van der Waals surface area (Å²) < 4.78 is 0. The van der Waals surface area contributed by atoms with Gasteiger partial charge in [-0.1, -0.05) is 0 Å². The highest BCUT2D eigenvalue weighted by molar-refractivity contribution is 5.46. The second-order valence-electron chi connectivity index (χ2n) is 2.06. The smallest absolute Gasteiger partial charge is 0.120 e. The van der Waals surface area contributed by atoms with E-state index in [0.717, 1.165) is 0 Å². The zero-order chi connectivity index (χ0) is 7.56. The first kappa shape index (κ1) is 6.89. The van der Waals surface area contributed by atoms with Crippen molar-refractivity contribution in [3.05, 3.63) is 23.8 Å². The number of benzene rings is 1. The van der Waals surface area contributed by atoms with Crippen LogP contribution in [0.3, 0.4) is 0 Å². The summed E-state index contributed by atoms with van der Waals surface area (Å²) in [5.74, 6) is 0.143. The van der Waals surface area contributed by atoms with Crippen LogP contribution in [0.5, 0.6) is 5.75 Å². The fourth-order valence-corrected chi connectivity index (χ4v) is 0.747. The van der Waals surface area contributed by atoms with Crippen LogP contribution in [0.1, 0.15) is 5.56 Å². The zero-order valence-electron chi connectivity index (χ0n) is 5.46. The molecule has 0 spiro atoms. The Bertz CT molecular complexity index is 235. The molecule has 10 heavy (non-hydrogen) atoms. The Morgan fingerprint density at radius 2 is 2.20 bits per heavy atom. The van der Waals surface area contributed by atoms with Crippen LogP contribution in [-0.4, -0.2) is 5.11 Å². The number of aromatic hydroxyl groups is 1. The number of phenolic OH excluding ortho intramolecular Hbond substituents is 1. The molecule has 0 aliphatic heterocycles. The van der Waals surface area contributed by atoms with Crippen molar-refractivity contribution >= 4 is 5.69 Å². The summed E-state index contributed by atoms with van der Waals surface area (Å²) in [6.45, 7) is 0.0663. The van der Waals surface area contributed by atoms with Gasteiger partial charge >= 0.3 is 0 Å². The molecule has 1 aromatic rings. The average molecular weight is 137 g/mol. The fraction of sp³-hybridized carbons (Fsp3) is 0.143. The first-order valence-electron chi connectivity index (χ1n) is 2.96. The number of nitrogens with one attached hydrogen (secondary N) is 1. The molecular weight excluding hydrogens is 128 g/mol. The van der Waals surface area contributed by atoms with Gasteiger partial charge in [-0.3, -0.25) is 5.73 Å². The Balaban J connectivity index is 3.09. The van der Waals surface area contributed by atoms with Gasteiger partial charge in [0.25, 0.3) is 0 Å². The van der Waals surface area contributed by atoms with Gasteiger partial charge in [0.15, 0.2) is 0 Å². The van der Waals surface area contributed by atoms with Gasteiger partial charge in [-0.15, -0.1) is 0 Å². The molecule has 4 N–H and O–H groups in total. The normalized spacial score (nSPS) is 9.70. The Labute approximate surface area is 59.3 Å². The molecule has 53 valence electrons. The lowest BCUT2D eigenvalue weighted by atomic mass is 10.2. The van der Waals surface area contributed by atoms with E-state index in [1.165, 1.54) is 6.07 Å². The number of rotatable bonds is 1. The Morgan fingerprint density at radius 1 is 1.50 bits per heavy atom. The summed E-state index contributed by atoms with van der Waals surface area (Å²) in [6, 6.07) is 4.70. The van der Waals surface area contributed by atoms with E-state index in [-0.39, 0.29) is 12.3 Å². The SMILES string of the molecule is [NH]Cc1cc(N)ccc1O. The van der Waals surface area contributed by atoms with Crippen LogP contribution in [0.15, 0.2) is 18.2 Å². The standard InChI is InChI=1S/C7H9N2O/c8-4-5-3-6(9)1-2-7(5)10/h1-3,8,10H,4,9H2. The number of hydrogen-bond acceptors (Lipinski definition) is 2. The van der Waals surface area contributed by atoms with Crippen molar-refractivity contribution in [3.8, 4) is 5.75 Å². The van der Waals surface area contributed by atoms with Crippen molar-refractivity contribution in [3.63, 3.8) is 0 Å². The third-order valence-electron chi connectivity index (χ3n) is 1.29. The van der Waals surface area contributed by atoms with Gasteiger partial charge in [-0.2, -0.15) is 0 Å². The quantitative estimate of drug-likeness (QED) is 0.443. The molecule has 0 fully saturated rings. The molecule has 0 aliphatic carbocycles. The van der Waals surface area contributed by atoms with Crippen LogP contribution in [0.25, 0.3) is 0 Å². The van der Waals surface area contributed by atoms with Gasteiger partial charge in [0.2, 0.25) is 0 Å². The molecule has 3 nitrogen and oxygen atoms in total. The molecule has 0 unspecified atom stereocenters. The van der Waals surface area contributed by atoms with Crippen LogP contribution in [0.4, 0.5) is 5.69 Å². The molecule has 1 radical (unpaired) electrons. The first-order chi connectivity index (χ1) is 4.74. The van der Waals surface area contributed by atoms with Crippen LogP contribution >= 0.6 is 0 Å². The summed E-state index contributed by atoms with van der Waals surface area (Å²) in [5, 5.41) is 9.06. The largest absolute Gasteiger partial charge is 0.508 e. The van der Waals surface area contributed by atoms with Crippen molar-refractivity contribution in [1.82, 2.24) is 5.73 Å². The molecule has 0 bridgehead atoms. The minimum atomic E-state index is 0.0663. The van der Waals surface area contributed by atoms with Gasteiger partial charge in [-0.05, 0) is 18.2 Å². The maximum absolute atomic E-state index is 9.06. The number of nitrogens with two attached hydrogens (primary N) is 1. The highest BCUT2D eigenvalue weighted by Gasteiger charge is 1.97. The van der Waals surface area contributed by atoms with E-state index in [1.807, 2.05) is 0 Å². The van der Waals surface area contributed by atoms with Gasteiger partial charge in [-0.25, -0.2) is 0 Å². The molecule has 0 aromatic heterocycles. The first-order valence-corrected chi connectivity index (χ1v) is 2.96. The van der Waals surface area contributed by atoms with E-state index >= 15 is 0 Å². The van der Waals surface area contributed by atoms with Crippen molar-refractivity contribution in [2.24, 2.45) is 0 Å². The molecule has 0 atom stereocenters. The molecule has 1 rings (SSSR count). The van der Waals surface area contributed by atoms with E-state index in [1.54, 1.807) is 12.1 Å². The van der Waals surface area contributed by atoms with E-state index < -0.39 is 0 Å². The third kappa shape index (κ3) is 1.19. The monoisotopic (exact) mass is 137 g/mol. The average Bonchev–Trinajstić information content (AvgIpc) is 1.94. The van der Waals surface area contributed by atoms with Crippen molar-refractivity contribution in [2.45, 2.75) is 6.54 Å². The number of phenols is 1. The van der Waals surface area contributed by atoms with E-state index in [0.29, 0.717) is 11.3 Å². The maximum Gasteiger partial charge on any atom is 0.120 e. The lowest BCUT2D eigenvalue weighted by Gasteiger charge is -2.00. The van der Waals surface area contributed by atoms with E-state index in [2.05, 4.69) is 0 Å². The Kier molecular flexibility index (Phi) is 1.78. The van der Waals surface area contributed by atoms with Crippen molar-refractivity contribution in [1.29, 1.82) is 0 Å². The fourth-order valence-electron chi connectivity index (χ4n) is 0.747. The lowest BCUT2D eigenvalue weighted by Crippen LogP contribution is -1.89. The summed E-state index contributed by atoms with van der Waals surface area (Å²) in [6.07, 6.45) is 0. The Hall–Kier alpha value is -1.22. The molecule has 0 aliphatic rings. The minimum absolute atomic E-state index is 0.0663. The number of anilines is 1. The van der Waals surface area contributed by atoms with Gasteiger partial charge in [0, 0.05) is 17.8 Å². The van der Waals surface area contributed by atoms with Crippen molar-refractivity contribution < 1.29 is 5.11 Å². The van der Waals surface area contributed by atoms with Gasteiger partial charge < -0.3 is 10.8 Å². The highest BCUT2D eigenvalue weighted by Crippen LogP contribution is 2.18. The molecule has 0 saturated carbocycles. The summed E-state index contributed by atoms with van der Waals surface area (Å²) in [7, 11) is 0. The van der Waals surface area contributed by atoms with Crippen LogP contribution < -0.4 is 11.5 Å². The van der Waals surface area contributed by atoms with Crippen LogP contribution in [-0.2, 0) is 6.54 Å². The van der Waals surface area contributed by atoms with E-state index in [4.69, 9.17) is 16.6 Å². The summed E-state index contributed by atoms with van der Waals surface area (Å²) >= 11 is 0. The summed E-state index contributed by atoms with van der Waals surface area (Å²) in [4.78, 5) is 0. The zero-order valence-corrected chi connectivity index (χ0v) is 5.46. The molecule has 3 heteroatoms. The second-order valence-corrected chi connectivity index (χ2v) is 2.06. The highest BCUT2D eigenvalue weighted by atomic mass is 16.3. The van der Waals surface area contributed by atoms with Crippen LogP contribution in [0.2, 0.25) is 0 Å². The summed E-state index contributed by atoms with van der Waals surface area (Å²) in [5.41, 5.74) is 13.5. The predicted octanol–water partition coefficient (Wildman–Crippen LogP) is 0.757. The van der Waals surface area contributed by atoms with Gasteiger partial charge in [0.05, 0.1) is 0 Å². The number of nitrogen functional groups attached to an aromatic ring is 1. The van der Waals surface area contributed by atoms with E-state index in [9.17, 15) is 0 Å². The minimum Gasteiger partial charge on any atom is -0.508 e. The maximum atomic E-state index is 9.06. The van der Waals surface area contributed by atoms with Crippen LogP contribution in [0, 0.1) is 0 Å². The molecule has 0 saturated heterocycles. The Morgan fingerprint density at radius 3 is 2.70 bits per heavy atom. The molecule has 0 amide bonds. The molecule has 1 aromatic carbocycles. The van der Waals surface area contributed by atoms with Crippen molar-refractivity contribution in [2.75, 3.05) is 5.73 Å². The molecular formula is C7H9N2O. The van der Waals surface area contributed by atoms with Gasteiger partial charge in [0.1, 0.15) is 5.75 Å². The lowest BCUT2D eigenvalue weighted by molar-refractivity contribution is 0.468. The third-order valence-corrected chi connectivity index (χ3v) is 1.29. The topological polar surface area (TPSA) is 70.0 Å². The predicted molar refractivity (Wildman–Crippen MR) is 39.3 cm³/mol. The second kappa shape index (κ2) is 2.58. The molecule has 0 heterocycles.